The molecule has 0 saturated carbocycles. The van der Waals surface area contributed by atoms with Crippen molar-refractivity contribution in [2.45, 2.75) is 33.4 Å². The fourth-order valence-corrected chi connectivity index (χ4v) is 5.07. The zero-order chi connectivity index (χ0) is 27.7. The van der Waals surface area contributed by atoms with E-state index in [4.69, 9.17) is 0 Å². The van der Waals surface area contributed by atoms with Gasteiger partial charge in [-0.25, -0.2) is 9.18 Å². The van der Waals surface area contributed by atoms with Crippen LogP contribution in [0.25, 0.3) is 22.0 Å². The van der Waals surface area contributed by atoms with Crippen LogP contribution in [0.4, 0.5) is 4.39 Å². The maximum Gasteiger partial charge on any atom is 0.336 e. The summed E-state index contributed by atoms with van der Waals surface area (Å²) < 4.78 is 16.4. The van der Waals surface area contributed by atoms with Gasteiger partial charge in [0.25, 0.3) is 5.91 Å². The summed E-state index contributed by atoms with van der Waals surface area (Å²) in [7, 11) is 0. The first-order chi connectivity index (χ1) is 18.7. The topological polar surface area (TPSA) is 71.3 Å². The molecule has 0 spiro atoms. The highest BCUT2D eigenvalue weighted by Gasteiger charge is 2.18. The molecule has 196 valence electrons. The van der Waals surface area contributed by atoms with Crippen molar-refractivity contribution in [3.63, 3.8) is 0 Å². The van der Waals surface area contributed by atoms with E-state index in [0.29, 0.717) is 23.2 Å². The molecule has 2 N–H and O–H groups in total. The lowest BCUT2D eigenvalue weighted by Crippen LogP contribution is -2.27. The fraction of sp³-hybridized carbons (Fsp3) is 0.152. The van der Waals surface area contributed by atoms with E-state index in [0.717, 1.165) is 33.3 Å². The molecule has 0 saturated heterocycles. The van der Waals surface area contributed by atoms with E-state index >= 15 is 0 Å². The SMILES string of the molecule is Cc1c(C)n(Cc2ccc(-c3ccccc3C(=O)O)cc2)c2ccc(C(=O)N[C@@H](C)c3ccccc3F)cc12. The Balaban J connectivity index is 1.39. The van der Waals surface area contributed by atoms with Gasteiger partial charge >= 0.3 is 5.97 Å². The average Bonchev–Trinajstić information content (AvgIpc) is 3.17. The number of benzene rings is 4. The van der Waals surface area contributed by atoms with Crippen LogP contribution in [0, 0.1) is 19.7 Å². The number of aryl methyl sites for hydroxylation is 1. The number of amides is 1. The van der Waals surface area contributed by atoms with E-state index in [1.54, 1.807) is 43.3 Å². The number of nitrogens with one attached hydrogen (secondary N) is 1. The molecule has 4 aromatic carbocycles. The first-order valence-electron chi connectivity index (χ1n) is 12.8. The van der Waals surface area contributed by atoms with E-state index in [1.807, 2.05) is 55.5 Å². The predicted octanol–water partition coefficient (Wildman–Crippen LogP) is 7.30. The normalized spacial score (nSPS) is 11.9. The Bertz CT molecular complexity index is 1700. The van der Waals surface area contributed by atoms with E-state index in [9.17, 15) is 19.1 Å². The van der Waals surface area contributed by atoms with Gasteiger partial charge in [0.15, 0.2) is 0 Å². The molecule has 5 rings (SSSR count). The zero-order valence-electron chi connectivity index (χ0n) is 22.0. The molecule has 0 radical (unpaired) electrons. The molecule has 0 aliphatic heterocycles. The predicted molar refractivity (Wildman–Crippen MR) is 152 cm³/mol. The van der Waals surface area contributed by atoms with Crippen LogP contribution in [0.15, 0.2) is 91.0 Å². The monoisotopic (exact) mass is 520 g/mol. The number of nitrogens with zero attached hydrogens (tertiary/aromatic N) is 1. The van der Waals surface area contributed by atoms with Crippen LogP contribution in [-0.4, -0.2) is 21.6 Å². The molecule has 0 unspecified atom stereocenters. The van der Waals surface area contributed by atoms with Crippen LogP contribution in [0.1, 0.15) is 56.1 Å². The first kappa shape index (κ1) is 25.9. The number of carbonyl (C=O) groups excluding carboxylic acids is 1. The highest BCUT2D eigenvalue weighted by atomic mass is 19.1. The van der Waals surface area contributed by atoms with Gasteiger partial charge in [0.2, 0.25) is 0 Å². The van der Waals surface area contributed by atoms with Gasteiger partial charge in [-0.3, -0.25) is 4.79 Å². The van der Waals surface area contributed by atoms with Crippen LogP contribution < -0.4 is 5.32 Å². The Morgan fingerprint density at radius 2 is 1.62 bits per heavy atom. The van der Waals surface area contributed by atoms with Crippen molar-refractivity contribution in [3.8, 4) is 11.1 Å². The molecule has 1 amide bonds. The molecule has 1 heterocycles. The van der Waals surface area contributed by atoms with Crippen molar-refractivity contribution in [3.05, 3.63) is 130 Å². The molecule has 0 bridgehead atoms. The molecular formula is C33H29FN2O3. The van der Waals surface area contributed by atoms with Crippen LogP contribution in [0.3, 0.4) is 0 Å². The Hall–Kier alpha value is -4.71. The quantitative estimate of drug-likeness (QED) is 0.237. The van der Waals surface area contributed by atoms with Gasteiger partial charge in [-0.15, -0.1) is 0 Å². The van der Waals surface area contributed by atoms with E-state index in [2.05, 4.69) is 16.8 Å². The third-order valence-corrected chi connectivity index (χ3v) is 7.38. The molecule has 39 heavy (non-hydrogen) atoms. The van der Waals surface area contributed by atoms with Crippen LogP contribution in [-0.2, 0) is 6.54 Å². The third kappa shape index (κ3) is 5.06. The van der Waals surface area contributed by atoms with Gasteiger partial charge in [0.1, 0.15) is 5.82 Å². The lowest BCUT2D eigenvalue weighted by molar-refractivity contribution is 0.0697. The van der Waals surface area contributed by atoms with Crippen molar-refractivity contribution in [1.82, 2.24) is 9.88 Å². The van der Waals surface area contributed by atoms with Gasteiger partial charge in [0, 0.05) is 34.3 Å². The smallest absolute Gasteiger partial charge is 0.336 e. The number of halogens is 1. The molecule has 6 heteroatoms. The number of hydrogen-bond donors (Lipinski definition) is 2. The zero-order valence-corrected chi connectivity index (χ0v) is 22.0. The summed E-state index contributed by atoms with van der Waals surface area (Å²) in [5.74, 6) is -1.55. The van der Waals surface area contributed by atoms with Gasteiger partial charge in [-0.1, -0.05) is 60.7 Å². The first-order valence-corrected chi connectivity index (χ1v) is 12.8. The van der Waals surface area contributed by atoms with E-state index < -0.39 is 12.0 Å². The lowest BCUT2D eigenvalue weighted by Gasteiger charge is -2.15. The fourth-order valence-electron chi connectivity index (χ4n) is 5.07. The minimum Gasteiger partial charge on any atom is -0.478 e. The standard InChI is InChI=1S/C33H29FN2O3/c1-20-22(3)36(19-23-12-14-24(15-13-23)27-9-4-5-10-28(27)33(38)39)31-17-16-25(18-29(20)31)32(37)35-21(2)26-8-6-7-11-30(26)34/h4-18,21H,19H2,1-3H3,(H,35,37)(H,38,39)/t21-/m0/s1. The third-order valence-electron chi connectivity index (χ3n) is 7.38. The summed E-state index contributed by atoms with van der Waals surface area (Å²) in [5.41, 5.74) is 7.06. The molecule has 0 aliphatic rings. The summed E-state index contributed by atoms with van der Waals surface area (Å²) in [4.78, 5) is 24.6. The Kier molecular flexibility index (Phi) is 7.03. The molecule has 1 aromatic heterocycles. The second kappa shape index (κ2) is 10.6. The number of aromatic nitrogens is 1. The number of hydrogen-bond acceptors (Lipinski definition) is 2. The minimum absolute atomic E-state index is 0.255. The summed E-state index contributed by atoms with van der Waals surface area (Å²) in [6.07, 6.45) is 0. The van der Waals surface area contributed by atoms with Crippen molar-refractivity contribution in [2.75, 3.05) is 0 Å². The number of carboxylic acid groups (broad SMARTS) is 1. The van der Waals surface area contributed by atoms with Crippen LogP contribution >= 0.6 is 0 Å². The summed E-state index contributed by atoms with van der Waals surface area (Å²) in [6.45, 7) is 6.51. The number of aromatic carboxylic acids is 1. The minimum atomic E-state index is -0.950. The summed E-state index contributed by atoms with van der Waals surface area (Å²) in [5, 5.41) is 13.4. The molecule has 5 nitrogen and oxygen atoms in total. The second-order valence-corrected chi connectivity index (χ2v) is 9.79. The maximum atomic E-state index is 14.2. The van der Waals surface area contributed by atoms with Crippen molar-refractivity contribution < 1.29 is 19.1 Å². The van der Waals surface area contributed by atoms with Crippen molar-refractivity contribution >= 4 is 22.8 Å². The molecular weight excluding hydrogens is 491 g/mol. The average molecular weight is 521 g/mol. The Labute approximate surface area is 226 Å². The Morgan fingerprint density at radius 1 is 0.923 bits per heavy atom. The number of rotatable bonds is 7. The Morgan fingerprint density at radius 3 is 2.33 bits per heavy atom. The maximum absolute atomic E-state index is 14.2. The van der Waals surface area contributed by atoms with Gasteiger partial charge in [0.05, 0.1) is 11.6 Å². The van der Waals surface area contributed by atoms with E-state index in [1.165, 1.54) is 6.07 Å². The lowest BCUT2D eigenvalue weighted by atomic mass is 9.99. The second-order valence-electron chi connectivity index (χ2n) is 9.79. The van der Waals surface area contributed by atoms with Crippen LogP contribution in [0.5, 0.6) is 0 Å². The van der Waals surface area contributed by atoms with Gasteiger partial charge in [-0.2, -0.15) is 0 Å². The molecule has 0 fully saturated rings. The number of carbonyl (C=O) groups is 2. The summed E-state index contributed by atoms with van der Waals surface area (Å²) >= 11 is 0. The number of carboxylic acids is 1. The van der Waals surface area contributed by atoms with E-state index in [-0.39, 0.29) is 17.3 Å². The molecule has 1 atom stereocenters. The number of fused-ring (bicyclic) bond motifs is 1. The largest absolute Gasteiger partial charge is 0.478 e. The van der Waals surface area contributed by atoms with Crippen molar-refractivity contribution in [2.24, 2.45) is 0 Å². The van der Waals surface area contributed by atoms with Crippen LogP contribution in [0.2, 0.25) is 0 Å². The van der Waals surface area contributed by atoms with Gasteiger partial charge < -0.3 is 15.0 Å². The summed E-state index contributed by atoms with van der Waals surface area (Å²) in [6, 6.07) is 26.5. The molecule has 5 aromatic rings. The highest BCUT2D eigenvalue weighted by molar-refractivity contribution is 5.99. The van der Waals surface area contributed by atoms with Gasteiger partial charge in [-0.05, 0) is 73.4 Å². The molecule has 0 aliphatic carbocycles. The van der Waals surface area contributed by atoms with Crippen molar-refractivity contribution in [1.29, 1.82) is 0 Å². The highest BCUT2D eigenvalue weighted by Crippen LogP contribution is 2.29.